The number of aromatic nitrogens is 4. The highest BCUT2D eigenvalue weighted by molar-refractivity contribution is 6.31. The van der Waals surface area contributed by atoms with Gasteiger partial charge in [0.05, 0.1) is 19.3 Å². The van der Waals surface area contributed by atoms with Crippen molar-refractivity contribution < 1.29 is 4.74 Å². The fraction of sp³-hybridized carbons (Fsp3) is 0.261. The predicted molar refractivity (Wildman–Crippen MR) is 124 cm³/mol. The number of benzene rings is 2. The molecular formula is C23H22ClN5O3. The van der Waals surface area contributed by atoms with Gasteiger partial charge in [0.15, 0.2) is 11.2 Å². The van der Waals surface area contributed by atoms with Crippen molar-refractivity contribution in [2.75, 3.05) is 18.6 Å². The second kappa shape index (κ2) is 7.87. The van der Waals surface area contributed by atoms with E-state index in [0.29, 0.717) is 34.2 Å². The van der Waals surface area contributed by atoms with E-state index >= 15 is 0 Å². The number of hydrogen-bond donors (Lipinski definition) is 0. The van der Waals surface area contributed by atoms with Gasteiger partial charge in [0.25, 0.3) is 5.56 Å². The molecule has 0 fully saturated rings. The Labute approximate surface area is 188 Å². The van der Waals surface area contributed by atoms with Crippen molar-refractivity contribution in [2.45, 2.75) is 19.5 Å². The number of para-hydroxylation sites is 2. The van der Waals surface area contributed by atoms with Crippen LogP contribution in [0.25, 0.3) is 11.2 Å². The molecule has 0 spiro atoms. The summed E-state index contributed by atoms with van der Waals surface area (Å²) in [4.78, 5) is 33.4. The number of rotatable bonds is 4. The summed E-state index contributed by atoms with van der Waals surface area (Å²) < 4.78 is 10.1. The Kier molecular flexibility index (Phi) is 5.01. The van der Waals surface area contributed by atoms with Crippen LogP contribution < -0.4 is 20.9 Å². The Morgan fingerprint density at radius 2 is 1.81 bits per heavy atom. The summed E-state index contributed by atoms with van der Waals surface area (Å²) >= 11 is 6.29. The van der Waals surface area contributed by atoms with E-state index in [0.717, 1.165) is 24.4 Å². The van der Waals surface area contributed by atoms with Crippen LogP contribution in [0.1, 0.15) is 12.0 Å². The Balaban J connectivity index is 1.72. The van der Waals surface area contributed by atoms with Crippen LogP contribution in [-0.2, 0) is 20.1 Å². The van der Waals surface area contributed by atoms with Crippen LogP contribution in [0.3, 0.4) is 0 Å². The number of imidazole rings is 1. The van der Waals surface area contributed by atoms with E-state index in [1.165, 1.54) is 9.13 Å². The van der Waals surface area contributed by atoms with E-state index in [4.69, 9.17) is 21.3 Å². The van der Waals surface area contributed by atoms with E-state index in [9.17, 15) is 9.59 Å². The lowest BCUT2D eigenvalue weighted by Gasteiger charge is -2.30. The van der Waals surface area contributed by atoms with E-state index < -0.39 is 5.69 Å². The molecule has 0 radical (unpaired) electrons. The predicted octanol–water partition coefficient (Wildman–Crippen LogP) is 3.15. The first-order chi connectivity index (χ1) is 15.5. The van der Waals surface area contributed by atoms with Crippen molar-refractivity contribution in [1.29, 1.82) is 0 Å². The second-order valence-electron chi connectivity index (χ2n) is 7.74. The molecule has 0 saturated carbocycles. The summed E-state index contributed by atoms with van der Waals surface area (Å²) in [6.45, 7) is 1.46. The second-order valence-corrected chi connectivity index (χ2v) is 8.14. The van der Waals surface area contributed by atoms with E-state index in [1.54, 1.807) is 20.2 Å². The van der Waals surface area contributed by atoms with Crippen molar-refractivity contribution in [2.24, 2.45) is 7.05 Å². The summed E-state index contributed by atoms with van der Waals surface area (Å²) in [5.74, 6) is 1.34. The molecule has 0 bridgehead atoms. The van der Waals surface area contributed by atoms with Gasteiger partial charge in [-0.05, 0) is 30.2 Å². The maximum absolute atomic E-state index is 13.5. The molecule has 5 rings (SSSR count). The lowest BCUT2D eigenvalue weighted by molar-refractivity contribution is 0.414. The number of methoxy groups -OCH3 is 1. The SMILES string of the molecule is COc1ccccc1N1CCCn2c1nc1c2c(=O)n(Cc2ccccc2Cl)c(=O)n1C. The first-order valence-electron chi connectivity index (χ1n) is 10.3. The zero-order valence-corrected chi connectivity index (χ0v) is 18.5. The minimum atomic E-state index is -0.429. The number of ether oxygens (including phenoxy) is 1. The Morgan fingerprint density at radius 1 is 1.06 bits per heavy atom. The van der Waals surface area contributed by atoms with Gasteiger partial charge >= 0.3 is 5.69 Å². The molecule has 2 aromatic heterocycles. The van der Waals surface area contributed by atoms with Gasteiger partial charge < -0.3 is 14.2 Å². The summed E-state index contributed by atoms with van der Waals surface area (Å²) in [5, 5.41) is 0.513. The summed E-state index contributed by atoms with van der Waals surface area (Å²) in [5.41, 5.74) is 1.56. The molecule has 0 saturated heterocycles. The standard InChI is InChI=1S/C23H22ClN5O3/c1-26-20-19(21(30)29(23(26)31)14-15-8-3-4-9-16(15)24)28-13-7-12-27(22(28)25-20)17-10-5-6-11-18(17)32-2/h3-6,8-11H,7,12-14H2,1-2H3. The third-order valence-corrected chi connectivity index (χ3v) is 6.25. The zero-order chi connectivity index (χ0) is 22.4. The molecular weight excluding hydrogens is 430 g/mol. The van der Waals surface area contributed by atoms with Crippen LogP contribution in [0, 0.1) is 0 Å². The van der Waals surface area contributed by atoms with Crippen LogP contribution in [0.5, 0.6) is 5.75 Å². The quantitative estimate of drug-likeness (QED) is 0.476. The van der Waals surface area contributed by atoms with Gasteiger partial charge in [-0.15, -0.1) is 0 Å². The zero-order valence-electron chi connectivity index (χ0n) is 17.8. The highest BCUT2D eigenvalue weighted by Gasteiger charge is 2.28. The van der Waals surface area contributed by atoms with Gasteiger partial charge in [0.2, 0.25) is 5.95 Å². The molecule has 9 heteroatoms. The van der Waals surface area contributed by atoms with Gasteiger partial charge in [-0.1, -0.05) is 41.9 Å². The number of hydrogen-bond acceptors (Lipinski definition) is 5. The molecule has 0 unspecified atom stereocenters. The third-order valence-electron chi connectivity index (χ3n) is 5.88. The maximum atomic E-state index is 13.5. The average Bonchev–Trinajstić information content (AvgIpc) is 3.21. The molecule has 2 aromatic carbocycles. The van der Waals surface area contributed by atoms with E-state index in [1.807, 2.05) is 51.9 Å². The lowest BCUT2D eigenvalue weighted by atomic mass is 10.2. The van der Waals surface area contributed by atoms with Crippen LogP contribution in [0.4, 0.5) is 11.6 Å². The molecule has 4 aromatic rings. The minimum Gasteiger partial charge on any atom is -0.495 e. The van der Waals surface area contributed by atoms with Gasteiger partial charge in [0.1, 0.15) is 5.75 Å². The van der Waals surface area contributed by atoms with E-state index in [2.05, 4.69) is 0 Å². The lowest BCUT2D eigenvalue weighted by Crippen LogP contribution is -2.40. The third kappa shape index (κ3) is 3.10. The largest absolute Gasteiger partial charge is 0.495 e. The van der Waals surface area contributed by atoms with Crippen molar-refractivity contribution in [1.82, 2.24) is 18.7 Å². The van der Waals surface area contributed by atoms with Crippen LogP contribution in [-0.4, -0.2) is 32.3 Å². The number of halogens is 1. The molecule has 164 valence electrons. The molecule has 1 aliphatic heterocycles. The summed E-state index contributed by atoms with van der Waals surface area (Å²) in [7, 11) is 3.27. The van der Waals surface area contributed by atoms with Crippen molar-refractivity contribution >= 4 is 34.4 Å². The molecule has 0 atom stereocenters. The van der Waals surface area contributed by atoms with Gasteiger partial charge in [-0.25, -0.2) is 4.79 Å². The number of anilines is 2. The molecule has 32 heavy (non-hydrogen) atoms. The van der Waals surface area contributed by atoms with Gasteiger partial charge in [-0.3, -0.25) is 13.9 Å². The van der Waals surface area contributed by atoms with Crippen molar-refractivity contribution in [3.63, 3.8) is 0 Å². The van der Waals surface area contributed by atoms with Crippen LogP contribution in [0.15, 0.2) is 58.1 Å². The van der Waals surface area contributed by atoms with Crippen molar-refractivity contribution in [3.8, 4) is 5.75 Å². The molecule has 3 heterocycles. The fourth-order valence-electron chi connectivity index (χ4n) is 4.28. The number of fused-ring (bicyclic) bond motifs is 3. The first kappa shape index (κ1) is 20.4. The highest BCUT2D eigenvalue weighted by Crippen LogP contribution is 2.36. The minimum absolute atomic E-state index is 0.0951. The smallest absolute Gasteiger partial charge is 0.332 e. The summed E-state index contributed by atoms with van der Waals surface area (Å²) in [6.07, 6.45) is 0.823. The first-order valence-corrected chi connectivity index (χ1v) is 10.7. The topological polar surface area (TPSA) is 74.3 Å². The number of nitrogens with zero attached hydrogens (tertiary/aromatic N) is 5. The molecule has 0 amide bonds. The Hall–Kier alpha value is -3.52. The normalized spacial score (nSPS) is 13.4. The Bertz CT molecular complexity index is 1450. The fourth-order valence-corrected chi connectivity index (χ4v) is 4.48. The maximum Gasteiger partial charge on any atom is 0.332 e. The van der Waals surface area contributed by atoms with E-state index in [-0.39, 0.29) is 12.1 Å². The number of aryl methyl sites for hydroxylation is 2. The van der Waals surface area contributed by atoms with Crippen LogP contribution >= 0.6 is 11.6 Å². The van der Waals surface area contributed by atoms with Gasteiger partial charge in [0, 0.05) is 25.2 Å². The van der Waals surface area contributed by atoms with Crippen LogP contribution in [0.2, 0.25) is 5.02 Å². The molecule has 0 N–H and O–H groups in total. The highest BCUT2D eigenvalue weighted by atomic mass is 35.5. The van der Waals surface area contributed by atoms with Gasteiger partial charge in [-0.2, -0.15) is 4.98 Å². The monoisotopic (exact) mass is 451 g/mol. The summed E-state index contributed by atoms with van der Waals surface area (Å²) in [6, 6.07) is 14.9. The molecule has 0 aliphatic carbocycles. The average molecular weight is 452 g/mol. The Morgan fingerprint density at radius 3 is 2.59 bits per heavy atom. The van der Waals surface area contributed by atoms with Crippen molar-refractivity contribution in [3.05, 3.63) is 80.0 Å². The molecule has 1 aliphatic rings. The molecule has 8 nitrogen and oxygen atoms in total.